The molecule has 0 unspecified atom stereocenters. The molecule has 0 atom stereocenters. The van der Waals surface area contributed by atoms with E-state index in [1.54, 1.807) is 16.9 Å². The maximum Gasteiger partial charge on any atom is 0.177 e. The molecule has 1 N–H and O–H groups in total. The summed E-state index contributed by atoms with van der Waals surface area (Å²) in [5.41, 5.74) is 2.57. The summed E-state index contributed by atoms with van der Waals surface area (Å²) in [5.74, 6) is 0.790. The van der Waals surface area contributed by atoms with Gasteiger partial charge in [0.15, 0.2) is 11.5 Å². The van der Waals surface area contributed by atoms with E-state index in [1.165, 1.54) is 0 Å². The van der Waals surface area contributed by atoms with Crippen LogP contribution in [0.5, 0.6) is 0 Å². The van der Waals surface area contributed by atoms with Gasteiger partial charge < -0.3 is 5.32 Å². The molecule has 0 aliphatic carbocycles. The van der Waals surface area contributed by atoms with Crippen LogP contribution >= 0.6 is 0 Å². The molecule has 0 saturated carbocycles. The quantitative estimate of drug-likeness (QED) is 0.737. The van der Waals surface area contributed by atoms with Crippen LogP contribution in [-0.4, -0.2) is 31.8 Å². The third-order valence-corrected chi connectivity index (χ3v) is 2.62. The van der Waals surface area contributed by atoms with Gasteiger partial charge in [0.05, 0.1) is 12.2 Å². The molecule has 0 aromatic carbocycles. The molecular formula is C12H12N6. The van der Waals surface area contributed by atoms with Crippen molar-refractivity contribution in [3.63, 3.8) is 0 Å². The number of rotatable bonds is 3. The molecule has 0 aliphatic heterocycles. The molecule has 18 heavy (non-hydrogen) atoms. The highest BCUT2D eigenvalue weighted by molar-refractivity contribution is 5.58. The van der Waals surface area contributed by atoms with Crippen LogP contribution in [0.15, 0.2) is 36.7 Å². The standard InChI is InChI=1S/C12H12N6/c1-13-8-12-16-15-11-5-4-10(17-18(11)12)9-3-2-6-14-7-9/h2-7,13H,8H2,1H3. The van der Waals surface area contributed by atoms with Crippen LogP contribution in [0.4, 0.5) is 0 Å². The summed E-state index contributed by atoms with van der Waals surface area (Å²) in [6.45, 7) is 0.630. The number of fused-ring (bicyclic) bond motifs is 1. The molecule has 0 fully saturated rings. The lowest BCUT2D eigenvalue weighted by molar-refractivity contribution is 0.719. The summed E-state index contributed by atoms with van der Waals surface area (Å²) in [5, 5.41) is 15.7. The first-order chi connectivity index (χ1) is 8.88. The largest absolute Gasteiger partial charge is 0.313 e. The average molecular weight is 240 g/mol. The predicted molar refractivity (Wildman–Crippen MR) is 66.8 cm³/mol. The van der Waals surface area contributed by atoms with Crippen molar-refractivity contribution in [3.8, 4) is 11.3 Å². The van der Waals surface area contributed by atoms with Gasteiger partial charge >= 0.3 is 0 Å². The molecule has 3 rings (SSSR count). The Morgan fingerprint density at radius 2 is 2.17 bits per heavy atom. The van der Waals surface area contributed by atoms with Gasteiger partial charge in [-0.2, -0.15) is 9.61 Å². The molecule has 0 spiro atoms. The van der Waals surface area contributed by atoms with Crippen molar-refractivity contribution in [3.05, 3.63) is 42.5 Å². The third kappa shape index (κ3) is 1.82. The molecule has 6 nitrogen and oxygen atoms in total. The van der Waals surface area contributed by atoms with Crippen LogP contribution in [0, 0.1) is 0 Å². The fourth-order valence-electron chi connectivity index (χ4n) is 1.77. The highest BCUT2D eigenvalue weighted by Gasteiger charge is 2.07. The molecule has 3 heterocycles. The van der Waals surface area contributed by atoms with Crippen molar-refractivity contribution in [1.29, 1.82) is 0 Å². The zero-order chi connectivity index (χ0) is 12.4. The maximum atomic E-state index is 4.54. The van der Waals surface area contributed by atoms with Gasteiger partial charge in [0.1, 0.15) is 0 Å². The number of hydrogen-bond donors (Lipinski definition) is 1. The van der Waals surface area contributed by atoms with Crippen LogP contribution in [0.3, 0.4) is 0 Å². The smallest absolute Gasteiger partial charge is 0.177 e. The fraction of sp³-hybridized carbons (Fsp3) is 0.167. The highest BCUT2D eigenvalue weighted by Crippen LogP contribution is 2.15. The summed E-state index contributed by atoms with van der Waals surface area (Å²) in [6, 6.07) is 7.69. The normalized spacial score (nSPS) is 10.9. The summed E-state index contributed by atoms with van der Waals surface area (Å²) in [7, 11) is 1.87. The number of nitrogens with zero attached hydrogens (tertiary/aromatic N) is 5. The first-order valence-electron chi connectivity index (χ1n) is 5.65. The monoisotopic (exact) mass is 240 g/mol. The van der Waals surface area contributed by atoms with Crippen LogP contribution in [-0.2, 0) is 6.54 Å². The minimum Gasteiger partial charge on any atom is -0.313 e. The molecule has 0 radical (unpaired) electrons. The Hall–Kier alpha value is -2.34. The van der Waals surface area contributed by atoms with Crippen molar-refractivity contribution < 1.29 is 0 Å². The Morgan fingerprint density at radius 3 is 2.94 bits per heavy atom. The lowest BCUT2D eigenvalue weighted by Gasteiger charge is -2.02. The molecule has 0 saturated heterocycles. The second-order valence-corrected chi connectivity index (χ2v) is 3.88. The Kier molecular flexibility index (Phi) is 2.70. The van der Waals surface area contributed by atoms with Crippen molar-refractivity contribution in [2.24, 2.45) is 0 Å². The Bertz CT molecular complexity index is 661. The van der Waals surface area contributed by atoms with Crippen molar-refractivity contribution in [2.45, 2.75) is 6.54 Å². The first-order valence-corrected chi connectivity index (χ1v) is 5.65. The summed E-state index contributed by atoms with van der Waals surface area (Å²) in [4.78, 5) is 4.09. The van der Waals surface area contributed by atoms with Gasteiger partial charge in [0.25, 0.3) is 0 Å². The zero-order valence-electron chi connectivity index (χ0n) is 9.91. The molecule has 3 aromatic heterocycles. The van der Waals surface area contributed by atoms with Gasteiger partial charge in [-0.1, -0.05) is 0 Å². The van der Waals surface area contributed by atoms with Gasteiger partial charge in [-0.05, 0) is 31.3 Å². The van der Waals surface area contributed by atoms with E-state index < -0.39 is 0 Å². The molecule has 6 heteroatoms. The fourth-order valence-corrected chi connectivity index (χ4v) is 1.77. The zero-order valence-corrected chi connectivity index (χ0v) is 9.91. The number of hydrogen-bond acceptors (Lipinski definition) is 5. The predicted octanol–water partition coefficient (Wildman–Crippen LogP) is 0.906. The van der Waals surface area contributed by atoms with E-state index in [9.17, 15) is 0 Å². The number of pyridine rings is 1. The summed E-state index contributed by atoms with van der Waals surface area (Å²) >= 11 is 0. The van der Waals surface area contributed by atoms with Crippen LogP contribution in [0.1, 0.15) is 5.82 Å². The molecule has 90 valence electrons. The third-order valence-electron chi connectivity index (χ3n) is 2.62. The van der Waals surface area contributed by atoms with E-state index in [0.717, 1.165) is 22.7 Å². The average Bonchev–Trinajstić information content (AvgIpc) is 2.83. The molecule has 0 aliphatic rings. The van der Waals surface area contributed by atoms with Gasteiger partial charge in [-0.25, -0.2) is 0 Å². The second-order valence-electron chi connectivity index (χ2n) is 3.88. The molecule has 0 bridgehead atoms. The molecule has 3 aromatic rings. The van der Waals surface area contributed by atoms with Gasteiger partial charge in [0.2, 0.25) is 0 Å². The topological polar surface area (TPSA) is 68.0 Å². The van der Waals surface area contributed by atoms with E-state index in [4.69, 9.17) is 0 Å². The van der Waals surface area contributed by atoms with Crippen molar-refractivity contribution in [1.82, 2.24) is 30.1 Å². The Labute approximate surface area is 104 Å². The minimum absolute atomic E-state index is 0.630. The lowest BCUT2D eigenvalue weighted by Crippen LogP contribution is -2.10. The van der Waals surface area contributed by atoms with E-state index in [1.807, 2.05) is 31.3 Å². The number of aromatic nitrogens is 5. The Morgan fingerprint density at radius 1 is 1.22 bits per heavy atom. The maximum absolute atomic E-state index is 4.54. The van der Waals surface area contributed by atoms with E-state index in [0.29, 0.717) is 6.54 Å². The van der Waals surface area contributed by atoms with Crippen molar-refractivity contribution >= 4 is 5.65 Å². The molecule has 0 amide bonds. The van der Waals surface area contributed by atoms with E-state index >= 15 is 0 Å². The highest BCUT2D eigenvalue weighted by atomic mass is 15.4. The van der Waals surface area contributed by atoms with Gasteiger partial charge in [-0.3, -0.25) is 4.98 Å². The lowest BCUT2D eigenvalue weighted by atomic mass is 10.2. The van der Waals surface area contributed by atoms with Crippen LogP contribution < -0.4 is 5.32 Å². The van der Waals surface area contributed by atoms with Crippen LogP contribution in [0.2, 0.25) is 0 Å². The van der Waals surface area contributed by atoms with E-state index in [-0.39, 0.29) is 0 Å². The second kappa shape index (κ2) is 4.50. The Balaban J connectivity index is 2.12. The van der Waals surface area contributed by atoms with Crippen molar-refractivity contribution in [2.75, 3.05) is 7.05 Å². The first kappa shape index (κ1) is 10.8. The SMILES string of the molecule is CNCc1nnc2ccc(-c3cccnc3)nn12. The van der Waals surface area contributed by atoms with E-state index in [2.05, 4.69) is 25.6 Å². The van der Waals surface area contributed by atoms with Gasteiger partial charge in [0, 0.05) is 18.0 Å². The van der Waals surface area contributed by atoms with Gasteiger partial charge in [-0.15, -0.1) is 10.2 Å². The molecular weight excluding hydrogens is 228 g/mol. The minimum atomic E-state index is 0.630. The van der Waals surface area contributed by atoms with Crippen LogP contribution in [0.25, 0.3) is 16.9 Å². The summed E-state index contributed by atoms with van der Waals surface area (Å²) in [6.07, 6.45) is 3.53. The summed E-state index contributed by atoms with van der Waals surface area (Å²) < 4.78 is 1.75. The number of nitrogens with one attached hydrogen (secondary N) is 1.